The smallest absolute Gasteiger partial charge is 0.0611 e. The third kappa shape index (κ3) is 3.69. The SMILES string of the molecule is CCC1CCN(C(C)CC(C)(CO)NC2CC2)C1. The number of nitrogens with one attached hydrogen (secondary N) is 1. The van der Waals surface area contributed by atoms with E-state index in [2.05, 4.69) is 31.0 Å². The molecule has 1 aliphatic heterocycles. The minimum atomic E-state index is -0.0924. The molecule has 2 fully saturated rings. The van der Waals surface area contributed by atoms with E-state index in [0.717, 1.165) is 12.3 Å². The van der Waals surface area contributed by atoms with Crippen LogP contribution in [0.4, 0.5) is 0 Å². The van der Waals surface area contributed by atoms with E-state index in [9.17, 15) is 5.11 Å². The average molecular weight is 254 g/mol. The molecule has 1 saturated carbocycles. The van der Waals surface area contributed by atoms with Gasteiger partial charge in [0.2, 0.25) is 0 Å². The zero-order valence-corrected chi connectivity index (χ0v) is 12.3. The first kappa shape index (κ1) is 14.3. The van der Waals surface area contributed by atoms with E-state index >= 15 is 0 Å². The van der Waals surface area contributed by atoms with Gasteiger partial charge in [-0.15, -0.1) is 0 Å². The second kappa shape index (κ2) is 5.89. The summed E-state index contributed by atoms with van der Waals surface area (Å²) in [5.41, 5.74) is -0.0924. The maximum absolute atomic E-state index is 9.67. The highest BCUT2D eigenvalue weighted by Crippen LogP contribution is 2.28. The van der Waals surface area contributed by atoms with Crippen LogP contribution in [0.15, 0.2) is 0 Å². The molecule has 0 aromatic carbocycles. The summed E-state index contributed by atoms with van der Waals surface area (Å²) in [5.74, 6) is 0.893. The minimum Gasteiger partial charge on any atom is -0.394 e. The number of aliphatic hydroxyl groups excluding tert-OH is 1. The van der Waals surface area contributed by atoms with Crippen molar-refractivity contribution in [2.24, 2.45) is 5.92 Å². The fourth-order valence-corrected chi connectivity index (χ4v) is 3.27. The molecule has 2 rings (SSSR count). The van der Waals surface area contributed by atoms with Crippen molar-refractivity contribution in [1.82, 2.24) is 10.2 Å². The molecule has 0 spiro atoms. The van der Waals surface area contributed by atoms with Gasteiger partial charge in [0.25, 0.3) is 0 Å². The molecule has 2 aliphatic rings. The molecule has 1 aliphatic carbocycles. The molecule has 3 heteroatoms. The van der Waals surface area contributed by atoms with Gasteiger partial charge in [-0.05, 0) is 52.0 Å². The first-order chi connectivity index (χ1) is 8.56. The lowest BCUT2D eigenvalue weighted by molar-refractivity contribution is 0.122. The topological polar surface area (TPSA) is 35.5 Å². The largest absolute Gasteiger partial charge is 0.394 e. The molecule has 3 unspecified atom stereocenters. The molecule has 0 aromatic rings. The van der Waals surface area contributed by atoms with Crippen LogP contribution in [0.1, 0.15) is 52.9 Å². The molecule has 0 radical (unpaired) electrons. The van der Waals surface area contributed by atoms with E-state index in [1.807, 2.05) is 0 Å². The van der Waals surface area contributed by atoms with Gasteiger partial charge in [0.1, 0.15) is 0 Å². The number of likely N-dealkylation sites (tertiary alicyclic amines) is 1. The van der Waals surface area contributed by atoms with Crippen molar-refractivity contribution in [3.8, 4) is 0 Å². The van der Waals surface area contributed by atoms with Crippen molar-refractivity contribution in [2.45, 2.75) is 70.5 Å². The molecule has 1 heterocycles. The van der Waals surface area contributed by atoms with Crippen LogP contribution in [-0.2, 0) is 0 Å². The second-order valence-corrected chi connectivity index (χ2v) is 6.75. The Morgan fingerprint density at radius 2 is 2.11 bits per heavy atom. The Morgan fingerprint density at radius 3 is 2.61 bits per heavy atom. The van der Waals surface area contributed by atoms with Gasteiger partial charge in [-0.2, -0.15) is 0 Å². The molecule has 2 N–H and O–H groups in total. The van der Waals surface area contributed by atoms with Crippen molar-refractivity contribution in [3.63, 3.8) is 0 Å². The quantitative estimate of drug-likeness (QED) is 0.729. The Morgan fingerprint density at radius 1 is 1.39 bits per heavy atom. The average Bonchev–Trinajstić information content (AvgIpc) is 3.01. The van der Waals surface area contributed by atoms with Gasteiger partial charge < -0.3 is 15.3 Å². The van der Waals surface area contributed by atoms with Gasteiger partial charge in [0.15, 0.2) is 0 Å². The number of aliphatic hydroxyl groups is 1. The normalized spacial score (nSPS) is 30.3. The van der Waals surface area contributed by atoms with E-state index < -0.39 is 0 Å². The van der Waals surface area contributed by atoms with E-state index in [-0.39, 0.29) is 12.1 Å². The van der Waals surface area contributed by atoms with Crippen LogP contribution in [0.2, 0.25) is 0 Å². The zero-order chi connectivity index (χ0) is 13.2. The summed E-state index contributed by atoms with van der Waals surface area (Å²) < 4.78 is 0. The lowest BCUT2D eigenvalue weighted by atomic mass is 9.93. The van der Waals surface area contributed by atoms with Crippen molar-refractivity contribution in [1.29, 1.82) is 0 Å². The molecule has 0 aromatic heterocycles. The lowest BCUT2D eigenvalue weighted by Gasteiger charge is -2.35. The molecule has 3 nitrogen and oxygen atoms in total. The Balaban J connectivity index is 1.82. The Labute approximate surface area is 112 Å². The molecule has 18 heavy (non-hydrogen) atoms. The van der Waals surface area contributed by atoms with Crippen molar-refractivity contribution in [2.75, 3.05) is 19.7 Å². The van der Waals surface area contributed by atoms with Crippen LogP contribution in [0.3, 0.4) is 0 Å². The van der Waals surface area contributed by atoms with E-state index in [0.29, 0.717) is 12.1 Å². The van der Waals surface area contributed by atoms with Gasteiger partial charge in [-0.25, -0.2) is 0 Å². The number of hydrogen-bond acceptors (Lipinski definition) is 3. The molecule has 0 bridgehead atoms. The molecule has 106 valence electrons. The summed E-state index contributed by atoms with van der Waals surface area (Å²) in [6.45, 7) is 9.53. The van der Waals surface area contributed by atoms with Crippen LogP contribution in [-0.4, -0.2) is 47.3 Å². The predicted octanol–water partition coefficient (Wildman–Crippen LogP) is 2.00. The van der Waals surface area contributed by atoms with Crippen molar-refractivity contribution < 1.29 is 5.11 Å². The summed E-state index contributed by atoms with van der Waals surface area (Å²) >= 11 is 0. The highest BCUT2D eigenvalue weighted by molar-refractivity contribution is 4.95. The summed E-state index contributed by atoms with van der Waals surface area (Å²) in [6.07, 6.45) is 6.28. The highest BCUT2D eigenvalue weighted by Gasteiger charge is 2.35. The van der Waals surface area contributed by atoms with Crippen molar-refractivity contribution in [3.05, 3.63) is 0 Å². The summed E-state index contributed by atoms with van der Waals surface area (Å²) in [5, 5.41) is 13.3. The first-order valence-corrected chi connectivity index (χ1v) is 7.69. The number of hydrogen-bond donors (Lipinski definition) is 2. The third-order valence-corrected chi connectivity index (χ3v) is 4.74. The minimum absolute atomic E-state index is 0.0924. The monoisotopic (exact) mass is 254 g/mol. The second-order valence-electron chi connectivity index (χ2n) is 6.75. The Bertz CT molecular complexity index is 267. The number of rotatable bonds is 7. The van der Waals surface area contributed by atoms with Gasteiger partial charge in [-0.3, -0.25) is 0 Å². The van der Waals surface area contributed by atoms with Gasteiger partial charge in [-0.1, -0.05) is 13.3 Å². The molecule has 3 atom stereocenters. The summed E-state index contributed by atoms with van der Waals surface area (Å²) in [6, 6.07) is 1.24. The highest BCUT2D eigenvalue weighted by atomic mass is 16.3. The van der Waals surface area contributed by atoms with Gasteiger partial charge in [0, 0.05) is 24.2 Å². The molecule has 0 amide bonds. The van der Waals surface area contributed by atoms with Crippen LogP contribution in [0, 0.1) is 5.92 Å². The summed E-state index contributed by atoms with van der Waals surface area (Å²) in [4.78, 5) is 2.61. The van der Waals surface area contributed by atoms with Crippen LogP contribution >= 0.6 is 0 Å². The van der Waals surface area contributed by atoms with Crippen molar-refractivity contribution >= 4 is 0 Å². The third-order valence-electron chi connectivity index (χ3n) is 4.74. The van der Waals surface area contributed by atoms with Crippen LogP contribution < -0.4 is 5.32 Å². The van der Waals surface area contributed by atoms with E-state index in [1.54, 1.807) is 0 Å². The first-order valence-electron chi connectivity index (χ1n) is 7.69. The maximum Gasteiger partial charge on any atom is 0.0611 e. The van der Waals surface area contributed by atoms with E-state index in [4.69, 9.17) is 0 Å². The Kier molecular flexibility index (Phi) is 4.68. The fraction of sp³-hybridized carbons (Fsp3) is 1.00. The van der Waals surface area contributed by atoms with Crippen LogP contribution in [0.5, 0.6) is 0 Å². The molecular formula is C15H30N2O. The van der Waals surface area contributed by atoms with Gasteiger partial charge in [0.05, 0.1) is 6.61 Å². The summed E-state index contributed by atoms with van der Waals surface area (Å²) in [7, 11) is 0. The van der Waals surface area contributed by atoms with Gasteiger partial charge >= 0.3 is 0 Å². The maximum atomic E-state index is 9.67. The Hall–Kier alpha value is -0.120. The van der Waals surface area contributed by atoms with E-state index in [1.165, 1.54) is 38.8 Å². The standard InChI is InChI=1S/C15H30N2O/c1-4-13-7-8-17(10-13)12(2)9-15(3,11-18)16-14-5-6-14/h12-14,16,18H,4-11H2,1-3H3. The van der Waals surface area contributed by atoms with Crippen LogP contribution in [0.25, 0.3) is 0 Å². The molecular weight excluding hydrogens is 224 g/mol. The zero-order valence-electron chi connectivity index (χ0n) is 12.3. The molecule has 1 saturated heterocycles. The predicted molar refractivity (Wildman–Crippen MR) is 75.7 cm³/mol. The number of nitrogens with zero attached hydrogens (tertiary/aromatic N) is 1. The fourth-order valence-electron chi connectivity index (χ4n) is 3.27. The lowest BCUT2D eigenvalue weighted by Crippen LogP contribution is -2.51.